The Hall–Kier alpha value is -3.08. The van der Waals surface area contributed by atoms with Gasteiger partial charge in [-0.3, -0.25) is 0 Å². The van der Waals surface area contributed by atoms with Gasteiger partial charge in [0.1, 0.15) is 24.6 Å². The lowest BCUT2D eigenvalue weighted by atomic mass is 10.0. The van der Waals surface area contributed by atoms with Gasteiger partial charge in [0, 0.05) is 35.7 Å². The second-order valence-corrected chi connectivity index (χ2v) is 13.2. The number of fused-ring (bicyclic) bond motifs is 1. The number of nitrogens with one attached hydrogen (secondary N) is 2. The van der Waals surface area contributed by atoms with Gasteiger partial charge in [0.05, 0.1) is 11.4 Å². The summed E-state index contributed by atoms with van der Waals surface area (Å²) in [5, 5.41) is 5.49. The Balaban J connectivity index is 1.50. The molecule has 0 unspecified atom stereocenters. The van der Waals surface area contributed by atoms with Crippen LogP contribution in [0.4, 0.5) is 11.4 Å². The molecule has 0 aliphatic carbocycles. The summed E-state index contributed by atoms with van der Waals surface area (Å²) in [5.41, 5.74) is 6.98. The summed E-state index contributed by atoms with van der Waals surface area (Å²) >= 11 is 0. The number of H-pyrrole nitrogens is 1. The maximum atomic E-state index is 12.9. The van der Waals surface area contributed by atoms with Crippen molar-refractivity contribution >= 4 is 34.9 Å². The molecule has 182 valence electrons. The predicted molar refractivity (Wildman–Crippen MR) is 146 cm³/mol. The van der Waals surface area contributed by atoms with Gasteiger partial charge in [-0.25, -0.2) is 4.98 Å². The highest BCUT2D eigenvalue weighted by Gasteiger charge is 2.22. The number of likely N-dealkylation sites (N-methyl/N-ethyl adjacent to an activating group) is 1. The number of para-hydroxylation sites is 1. The van der Waals surface area contributed by atoms with E-state index < -0.39 is 7.14 Å². The van der Waals surface area contributed by atoms with Crippen LogP contribution in [0, 0.1) is 13.8 Å². The van der Waals surface area contributed by atoms with E-state index >= 15 is 0 Å². The third-order valence-corrected chi connectivity index (χ3v) is 8.35. The first-order chi connectivity index (χ1) is 16.7. The van der Waals surface area contributed by atoms with E-state index in [9.17, 15) is 4.57 Å². The van der Waals surface area contributed by atoms with Crippen molar-refractivity contribution in [3.63, 3.8) is 0 Å². The van der Waals surface area contributed by atoms with E-state index in [-0.39, 0.29) is 6.10 Å². The Morgan fingerprint density at radius 1 is 1.11 bits per heavy atom. The van der Waals surface area contributed by atoms with Gasteiger partial charge < -0.3 is 24.5 Å². The molecule has 3 heterocycles. The zero-order valence-electron chi connectivity index (χ0n) is 21.1. The van der Waals surface area contributed by atoms with Crippen LogP contribution in [0.1, 0.15) is 17.5 Å². The van der Waals surface area contributed by atoms with Crippen molar-refractivity contribution in [1.82, 2.24) is 14.9 Å². The third kappa shape index (κ3) is 4.73. The number of aromatic nitrogens is 2. The first-order valence-electron chi connectivity index (χ1n) is 12.1. The van der Waals surface area contributed by atoms with Gasteiger partial charge in [-0.1, -0.05) is 12.1 Å². The summed E-state index contributed by atoms with van der Waals surface area (Å²) in [6.45, 7) is 9.83. The molecule has 2 aromatic carbocycles. The molecule has 0 saturated carbocycles. The van der Waals surface area contributed by atoms with E-state index in [1.807, 2.05) is 49.5 Å². The Labute approximate surface area is 207 Å². The van der Waals surface area contributed by atoms with Crippen LogP contribution in [-0.4, -0.2) is 54.4 Å². The summed E-state index contributed by atoms with van der Waals surface area (Å²) in [7, 11) is -0.312. The first-order valence-corrected chi connectivity index (χ1v) is 14.7. The Morgan fingerprint density at radius 3 is 2.54 bits per heavy atom. The Morgan fingerprint density at radius 2 is 1.86 bits per heavy atom. The number of likely N-dealkylation sites (tertiary alicyclic amines) is 1. The van der Waals surface area contributed by atoms with E-state index in [1.165, 1.54) is 0 Å². The van der Waals surface area contributed by atoms with Crippen molar-refractivity contribution in [3.8, 4) is 17.0 Å². The molecular formula is C28H33N4O2P. The minimum atomic E-state index is -2.44. The number of aryl methyl sites for hydroxylation is 2. The number of aromatic amines is 1. The Bertz CT molecular complexity index is 1420. The Kier molecular flexibility index (Phi) is 6.20. The SMILES string of the molecule is Cc1cnc2[nH]c(-c3ccc(O[C@H]4CCN(C)C4)cc3)c(C)c2c1Nc1ccccc1P(C)(C)=O. The summed E-state index contributed by atoms with van der Waals surface area (Å²) < 4.78 is 19.1. The summed E-state index contributed by atoms with van der Waals surface area (Å²) in [6.07, 6.45) is 3.19. The van der Waals surface area contributed by atoms with Crippen LogP contribution in [0.3, 0.4) is 0 Å². The number of ether oxygens (including phenoxy) is 1. The average Bonchev–Trinajstić information content (AvgIpc) is 3.38. The molecule has 4 aromatic rings. The fourth-order valence-electron chi connectivity index (χ4n) is 4.92. The minimum Gasteiger partial charge on any atom is -0.489 e. The lowest BCUT2D eigenvalue weighted by Crippen LogP contribution is -2.21. The molecule has 1 fully saturated rings. The normalized spacial score (nSPS) is 16.7. The lowest BCUT2D eigenvalue weighted by molar-refractivity contribution is 0.208. The van der Waals surface area contributed by atoms with Gasteiger partial charge in [-0.2, -0.15) is 0 Å². The second kappa shape index (κ2) is 9.18. The first kappa shape index (κ1) is 23.7. The van der Waals surface area contributed by atoms with Crippen LogP contribution < -0.4 is 15.4 Å². The fourth-order valence-corrected chi connectivity index (χ4v) is 6.08. The molecule has 0 radical (unpaired) electrons. The highest BCUT2D eigenvalue weighted by molar-refractivity contribution is 7.70. The van der Waals surface area contributed by atoms with Gasteiger partial charge in [0.2, 0.25) is 0 Å². The highest BCUT2D eigenvalue weighted by Crippen LogP contribution is 2.41. The van der Waals surface area contributed by atoms with E-state index in [0.29, 0.717) is 0 Å². The standard InChI is InChI=1S/C28H33N4O2P/c1-18-16-29-28-25(26(18)30-23-8-6-7-9-24(23)35(4,5)33)19(2)27(31-28)20-10-12-21(13-11-20)34-22-14-15-32(3)17-22/h6-13,16,22H,14-15,17H2,1-5H3,(H2,29,30,31)/t22-/m0/s1. The molecule has 1 aliphatic heterocycles. The van der Waals surface area contributed by atoms with Crippen molar-refractivity contribution in [2.75, 3.05) is 38.8 Å². The molecule has 2 N–H and O–H groups in total. The van der Waals surface area contributed by atoms with Crippen molar-refractivity contribution in [2.24, 2.45) is 0 Å². The number of pyridine rings is 1. The third-order valence-electron chi connectivity index (χ3n) is 6.80. The van der Waals surface area contributed by atoms with Crippen LogP contribution in [-0.2, 0) is 4.57 Å². The molecule has 1 saturated heterocycles. The second-order valence-electron chi connectivity index (χ2n) is 9.97. The zero-order chi connectivity index (χ0) is 24.7. The number of benzene rings is 2. The van der Waals surface area contributed by atoms with Crippen molar-refractivity contribution in [2.45, 2.75) is 26.4 Å². The average molecular weight is 489 g/mol. The van der Waals surface area contributed by atoms with Crippen LogP contribution >= 0.6 is 7.14 Å². The van der Waals surface area contributed by atoms with Gasteiger partial charge in [0.25, 0.3) is 0 Å². The number of hydrogen-bond acceptors (Lipinski definition) is 5. The molecule has 0 amide bonds. The number of rotatable bonds is 6. The molecule has 0 bridgehead atoms. The molecule has 0 spiro atoms. The largest absolute Gasteiger partial charge is 0.489 e. The summed E-state index contributed by atoms with van der Waals surface area (Å²) in [4.78, 5) is 10.5. The fraction of sp³-hybridized carbons (Fsp3) is 0.321. The maximum absolute atomic E-state index is 12.9. The predicted octanol–water partition coefficient (Wildman–Crippen LogP) is 5.92. The van der Waals surface area contributed by atoms with Crippen LogP contribution in [0.2, 0.25) is 0 Å². The number of hydrogen-bond donors (Lipinski definition) is 2. The van der Waals surface area contributed by atoms with Crippen molar-refractivity contribution in [3.05, 3.63) is 65.9 Å². The van der Waals surface area contributed by atoms with E-state index in [1.54, 1.807) is 13.3 Å². The molecule has 5 rings (SSSR count). The number of anilines is 2. The quantitative estimate of drug-likeness (QED) is 0.330. The van der Waals surface area contributed by atoms with Crippen molar-refractivity contribution < 1.29 is 9.30 Å². The van der Waals surface area contributed by atoms with Crippen LogP contribution in [0.15, 0.2) is 54.7 Å². The van der Waals surface area contributed by atoms with E-state index in [4.69, 9.17) is 4.74 Å². The minimum absolute atomic E-state index is 0.255. The smallest absolute Gasteiger partial charge is 0.140 e. The van der Waals surface area contributed by atoms with Crippen LogP contribution in [0.25, 0.3) is 22.3 Å². The molecule has 6 nitrogen and oxygen atoms in total. The van der Waals surface area contributed by atoms with Gasteiger partial charge in [-0.15, -0.1) is 0 Å². The van der Waals surface area contributed by atoms with Gasteiger partial charge in [-0.05, 0) is 93.7 Å². The molecule has 7 heteroatoms. The maximum Gasteiger partial charge on any atom is 0.140 e. The van der Waals surface area contributed by atoms with Crippen molar-refractivity contribution in [1.29, 1.82) is 0 Å². The lowest BCUT2D eigenvalue weighted by Gasteiger charge is -2.17. The van der Waals surface area contributed by atoms with Crippen LogP contribution in [0.5, 0.6) is 5.75 Å². The van der Waals surface area contributed by atoms with E-state index in [2.05, 4.69) is 46.3 Å². The molecule has 1 aliphatic rings. The number of nitrogens with zero attached hydrogens (tertiary/aromatic N) is 2. The molecule has 35 heavy (non-hydrogen) atoms. The molecular weight excluding hydrogens is 455 g/mol. The molecule has 2 aromatic heterocycles. The van der Waals surface area contributed by atoms with Gasteiger partial charge in [0.15, 0.2) is 0 Å². The monoisotopic (exact) mass is 488 g/mol. The summed E-state index contributed by atoms with van der Waals surface area (Å²) in [5.74, 6) is 0.902. The van der Waals surface area contributed by atoms with E-state index in [0.717, 1.165) is 75.4 Å². The summed E-state index contributed by atoms with van der Waals surface area (Å²) in [6, 6.07) is 16.1. The zero-order valence-corrected chi connectivity index (χ0v) is 21.9. The topological polar surface area (TPSA) is 70.2 Å². The molecule has 1 atom stereocenters. The van der Waals surface area contributed by atoms with Gasteiger partial charge >= 0.3 is 0 Å². The highest BCUT2D eigenvalue weighted by atomic mass is 31.2.